The first-order valence-electron chi connectivity index (χ1n) is 6.92. The van der Waals surface area contributed by atoms with E-state index >= 15 is 0 Å². The topological polar surface area (TPSA) is 66.4 Å². The highest BCUT2D eigenvalue weighted by Gasteiger charge is 2.41. The summed E-state index contributed by atoms with van der Waals surface area (Å²) < 4.78 is 0.605. The molecule has 21 heavy (non-hydrogen) atoms. The number of hydrogen-bond donors (Lipinski definition) is 2. The molecule has 0 heterocycles. The monoisotopic (exact) mass is 373 g/mol. The Labute approximate surface area is 137 Å². The lowest BCUT2D eigenvalue weighted by Gasteiger charge is -2.32. The summed E-state index contributed by atoms with van der Waals surface area (Å²) in [5.41, 5.74) is -0.364. The second kappa shape index (κ2) is 6.79. The fraction of sp³-hybridized carbons (Fsp3) is 0.467. The summed E-state index contributed by atoms with van der Waals surface area (Å²) in [5, 5.41) is 12.7. The molecule has 1 amide bonds. The molecule has 0 unspecified atom stereocenters. The Morgan fingerprint density at radius 1 is 1.29 bits per heavy atom. The molecule has 0 saturated heterocycles. The summed E-state index contributed by atoms with van der Waals surface area (Å²) in [6, 6.07) is 5.17. The number of carboxylic acid groups (broad SMARTS) is 1. The van der Waals surface area contributed by atoms with Gasteiger partial charge in [-0.1, -0.05) is 36.9 Å². The SMILES string of the molecule is O=C(CC1(C(=O)O)CCCCC1)Nc1cccc(Cl)c1Br. The van der Waals surface area contributed by atoms with Crippen LogP contribution in [0.5, 0.6) is 0 Å². The minimum atomic E-state index is -0.923. The molecule has 1 aromatic carbocycles. The number of carbonyl (C=O) groups is 2. The lowest BCUT2D eigenvalue weighted by atomic mass is 9.71. The van der Waals surface area contributed by atoms with Crippen molar-refractivity contribution in [3.05, 3.63) is 27.7 Å². The van der Waals surface area contributed by atoms with Gasteiger partial charge in [0.05, 0.1) is 20.6 Å². The fourth-order valence-electron chi connectivity index (χ4n) is 2.80. The van der Waals surface area contributed by atoms with Gasteiger partial charge < -0.3 is 10.4 Å². The minimum Gasteiger partial charge on any atom is -0.481 e. The predicted octanol–water partition coefficient (Wildman–Crippen LogP) is 4.47. The first-order chi connectivity index (χ1) is 9.94. The number of anilines is 1. The molecule has 0 radical (unpaired) electrons. The van der Waals surface area contributed by atoms with E-state index in [2.05, 4.69) is 21.2 Å². The van der Waals surface area contributed by atoms with Crippen molar-refractivity contribution in [2.45, 2.75) is 38.5 Å². The van der Waals surface area contributed by atoms with Crippen LogP contribution in [0.2, 0.25) is 5.02 Å². The largest absolute Gasteiger partial charge is 0.481 e. The lowest BCUT2D eigenvalue weighted by Crippen LogP contribution is -2.37. The molecular formula is C15H17BrClNO3. The van der Waals surface area contributed by atoms with Crippen LogP contribution in [0.15, 0.2) is 22.7 Å². The molecule has 1 aromatic rings. The average Bonchev–Trinajstić information content (AvgIpc) is 2.44. The van der Waals surface area contributed by atoms with Gasteiger partial charge in [0.1, 0.15) is 0 Å². The maximum atomic E-state index is 12.2. The summed E-state index contributed by atoms with van der Waals surface area (Å²) in [4.78, 5) is 23.8. The standard InChI is InChI=1S/C15H17BrClNO3/c16-13-10(17)5-4-6-11(13)18-12(19)9-15(14(20)21)7-2-1-3-8-15/h4-6H,1-3,7-9H2,(H,18,19)(H,20,21). The van der Waals surface area contributed by atoms with Crippen molar-refractivity contribution in [1.82, 2.24) is 0 Å². The number of benzene rings is 1. The third-order valence-electron chi connectivity index (χ3n) is 3.99. The third kappa shape index (κ3) is 3.77. The average molecular weight is 375 g/mol. The van der Waals surface area contributed by atoms with E-state index in [0.29, 0.717) is 28.0 Å². The Morgan fingerprint density at radius 3 is 2.57 bits per heavy atom. The number of hydrogen-bond acceptors (Lipinski definition) is 2. The van der Waals surface area contributed by atoms with E-state index in [0.717, 1.165) is 19.3 Å². The first-order valence-corrected chi connectivity index (χ1v) is 8.09. The van der Waals surface area contributed by atoms with Crippen LogP contribution in [0, 0.1) is 5.41 Å². The lowest BCUT2D eigenvalue weighted by molar-refractivity contribution is -0.153. The number of carboxylic acids is 1. The molecule has 0 aromatic heterocycles. The van der Waals surface area contributed by atoms with Crippen LogP contribution in [0.4, 0.5) is 5.69 Å². The number of nitrogens with one attached hydrogen (secondary N) is 1. The van der Waals surface area contributed by atoms with Crippen LogP contribution < -0.4 is 5.32 Å². The highest BCUT2D eigenvalue weighted by molar-refractivity contribution is 9.10. The number of halogens is 2. The molecule has 1 aliphatic rings. The van der Waals surface area contributed by atoms with Crippen molar-refractivity contribution in [2.75, 3.05) is 5.32 Å². The molecule has 114 valence electrons. The van der Waals surface area contributed by atoms with Crippen molar-refractivity contribution in [3.63, 3.8) is 0 Å². The normalized spacial score (nSPS) is 17.2. The molecule has 1 aliphatic carbocycles. The molecule has 2 rings (SSSR count). The Kier molecular flexibility index (Phi) is 5.27. The van der Waals surface area contributed by atoms with Gasteiger partial charge in [0.15, 0.2) is 0 Å². The highest BCUT2D eigenvalue weighted by atomic mass is 79.9. The van der Waals surface area contributed by atoms with Crippen LogP contribution in [0.25, 0.3) is 0 Å². The van der Waals surface area contributed by atoms with Gasteiger partial charge in [0, 0.05) is 6.42 Å². The van der Waals surface area contributed by atoms with Gasteiger partial charge in [-0.3, -0.25) is 9.59 Å². The minimum absolute atomic E-state index is 0.00128. The van der Waals surface area contributed by atoms with Gasteiger partial charge in [-0.05, 0) is 40.9 Å². The van der Waals surface area contributed by atoms with E-state index in [1.165, 1.54) is 0 Å². The van der Waals surface area contributed by atoms with Crippen LogP contribution in [-0.2, 0) is 9.59 Å². The Balaban J connectivity index is 2.09. The zero-order valence-electron chi connectivity index (χ0n) is 11.5. The first kappa shape index (κ1) is 16.3. The summed E-state index contributed by atoms with van der Waals surface area (Å²) in [6.45, 7) is 0. The quantitative estimate of drug-likeness (QED) is 0.817. The van der Waals surface area contributed by atoms with E-state index in [1.807, 2.05) is 0 Å². The van der Waals surface area contributed by atoms with Crippen LogP contribution in [0.1, 0.15) is 38.5 Å². The summed E-state index contributed by atoms with van der Waals surface area (Å²) in [6.07, 6.45) is 3.89. The van der Waals surface area contributed by atoms with E-state index in [-0.39, 0.29) is 12.3 Å². The summed E-state index contributed by atoms with van der Waals surface area (Å²) in [5.74, 6) is -1.16. The van der Waals surface area contributed by atoms with Gasteiger partial charge in [0.2, 0.25) is 5.91 Å². The van der Waals surface area contributed by atoms with Gasteiger partial charge in [-0.15, -0.1) is 0 Å². The third-order valence-corrected chi connectivity index (χ3v) is 5.39. The zero-order chi connectivity index (χ0) is 15.5. The molecule has 0 bridgehead atoms. The number of rotatable bonds is 4. The molecule has 0 spiro atoms. The van der Waals surface area contributed by atoms with E-state index in [1.54, 1.807) is 18.2 Å². The predicted molar refractivity (Wildman–Crippen MR) is 85.6 cm³/mol. The Bertz CT molecular complexity index is 556. The highest BCUT2D eigenvalue weighted by Crippen LogP contribution is 2.40. The molecule has 4 nitrogen and oxygen atoms in total. The second-order valence-electron chi connectivity index (χ2n) is 5.47. The van der Waals surface area contributed by atoms with Crippen molar-refractivity contribution in [3.8, 4) is 0 Å². The number of amides is 1. The van der Waals surface area contributed by atoms with Crippen molar-refractivity contribution >= 4 is 45.1 Å². The van der Waals surface area contributed by atoms with E-state index in [9.17, 15) is 14.7 Å². The van der Waals surface area contributed by atoms with Gasteiger partial charge in [-0.25, -0.2) is 0 Å². The molecule has 2 N–H and O–H groups in total. The smallest absolute Gasteiger partial charge is 0.310 e. The maximum Gasteiger partial charge on any atom is 0.310 e. The summed E-state index contributed by atoms with van der Waals surface area (Å²) >= 11 is 9.29. The van der Waals surface area contributed by atoms with Crippen molar-refractivity contribution < 1.29 is 14.7 Å². The number of aliphatic carboxylic acids is 1. The molecule has 0 aliphatic heterocycles. The van der Waals surface area contributed by atoms with E-state index in [4.69, 9.17) is 11.6 Å². The maximum absolute atomic E-state index is 12.2. The van der Waals surface area contributed by atoms with Crippen molar-refractivity contribution in [2.24, 2.45) is 5.41 Å². The van der Waals surface area contributed by atoms with Crippen LogP contribution in [-0.4, -0.2) is 17.0 Å². The molecule has 6 heteroatoms. The fourth-order valence-corrected chi connectivity index (χ4v) is 3.33. The van der Waals surface area contributed by atoms with Crippen LogP contribution in [0.3, 0.4) is 0 Å². The van der Waals surface area contributed by atoms with Gasteiger partial charge in [-0.2, -0.15) is 0 Å². The molecule has 1 saturated carbocycles. The molecular weight excluding hydrogens is 358 g/mol. The Hall–Kier alpha value is -1.07. The number of carbonyl (C=O) groups excluding carboxylic acids is 1. The van der Waals surface area contributed by atoms with Crippen LogP contribution >= 0.6 is 27.5 Å². The summed E-state index contributed by atoms with van der Waals surface area (Å²) in [7, 11) is 0. The molecule has 0 atom stereocenters. The van der Waals surface area contributed by atoms with Crippen molar-refractivity contribution in [1.29, 1.82) is 0 Å². The van der Waals surface area contributed by atoms with Gasteiger partial charge in [0.25, 0.3) is 0 Å². The van der Waals surface area contributed by atoms with E-state index < -0.39 is 11.4 Å². The molecule has 1 fully saturated rings. The van der Waals surface area contributed by atoms with Gasteiger partial charge >= 0.3 is 5.97 Å². The zero-order valence-corrected chi connectivity index (χ0v) is 13.8. The Morgan fingerprint density at radius 2 is 1.95 bits per heavy atom. The second-order valence-corrected chi connectivity index (χ2v) is 6.67.